The SMILES string of the molecule is O=C1CCC(N2Cc3cc(NC(=O)NC4(c5cccc(OC(F)F)c5)CCOCC4)ccc3C2=O)C(=O)N1. The Morgan fingerprint density at radius 2 is 1.92 bits per heavy atom. The van der Waals surface area contributed by atoms with Gasteiger partial charge < -0.3 is 25.0 Å². The van der Waals surface area contributed by atoms with E-state index in [1.165, 1.54) is 17.0 Å². The first kappa shape index (κ1) is 25.6. The molecule has 5 rings (SSSR count). The lowest BCUT2D eigenvalue weighted by Gasteiger charge is -2.38. The third kappa shape index (κ3) is 5.17. The van der Waals surface area contributed by atoms with E-state index in [2.05, 4.69) is 20.7 Å². The molecule has 10 nitrogen and oxygen atoms in total. The number of ether oxygens (including phenoxy) is 2. The van der Waals surface area contributed by atoms with Gasteiger partial charge in [0.25, 0.3) is 5.91 Å². The van der Waals surface area contributed by atoms with Crippen molar-refractivity contribution in [2.24, 2.45) is 0 Å². The molecule has 2 aromatic rings. The lowest BCUT2D eigenvalue weighted by atomic mass is 9.82. The minimum absolute atomic E-state index is 0.00516. The third-order valence-electron chi connectivity index (χ3n) is 7.09. The number of amides is 5. The molecule has 3 aliphatic rings. The molecule has 2 aromatic carbocycles. The van der Waals surface area contributed by atoms with Gasteiger partial charge in [0.2, 0.25) is 11.8 Å². The monoisotopic (exact) mass is 528 g/mol. The second-order valence-electron chi connectivity index (χ2n) is 9.45. The molecular formula is C26H26F2N4O6. The summed E-state index contributed by atoms with van der Waals surface area (Å²) >= 11 is 0. The molecule has 0 saturated carbocycles. The van der Waals surface area contributed by atoms with E-state index in [-0.39, 0.29) is 37.0 Å². The van der Waals surface area contributed by atoms with Crippen LogP contribution in [0.5, 0.6) is 5.75 Å². The third-order valence-corrected chi connectivity index (χ3v) is 7.09. The largest absolute Gasteiger partial charge is 0.435 e. The van der Waals surface area contributed by atoms with Crippen molar-refractivity contribution in [1.29, 1.82) is 0 Å². The topological polar surface area (TPSA) is 126 Å². The number of hydrogen-bond donors (Lipinski definition) is 3. The van der Waals surface area contributed by atoms with Gasteiger partial charge in [0.05, 0.1) is 5.54 Å². The van der Waals surface area contributed by atoms with E-state index >= 15 is 0 Å². The number of nitrogens with zero attached hydrogens (tertiary/aromatic N) is 1. The van der Waals surface area contributed by atoms with E-state index in [4.69, 9.17) is 4.74 Å². The summed E-state index contributed by atoms with van der Waals surface area (Å²) in [6.45, 7) is -2.05. The number of fused-ring (bicyclic) bond motifs is 1. The number of hydrogen-bond acceptors (Lipinski definition) is 6. The number of piperidine rings is 1. The van der Waals surface area contributed by atoms with Crippen molar-refractivity contribution >= 4 is 29.4 Å². The Morgan fingerprint density at radius 1 is 1.13 bits per heavy atom. The predicted molar refractivity (Wildman–Crippen MR) is 129 cm³/mol. The predicted octanol–water partition coefficient (Wildman–Crippen LogP) is 2.88. The molecule has 2 fully saturated rings. The number of anilines is 1. The summed E-state index contributed by atoms with van der Waals surface area (Å²) in [5.41, 5.74) is 1.27. The molecule has 0 spiro atoms. The van der Waals surface area contributed by atoms with Gasteiger partial charge in [-0.25, -0.2) is 4.79 Å². The first-order valence-electron chi connectivity index (χ1n) is 12.2. The number of benzene rings is 2. The molecule has 1 atom stereocenters. The smallest absolute Gasteiger partial charge is 0.387 e. The molecule has 1 unspecified atom stereocenters. The van der Waals surface area contributed by atoms with Crippen LogP contribution in [0.3, 0.4) is 0 Å². The van der Waals surface area contributed by atoms with E-state index in [1.54, 1.807) is 30.3 Å². The Balaban J connectivity index is 1.30. The average molecular weight is 529 g/mol. The number of imide groups is 1. The standard InChI is InChI=1S/C26H26F2N4O6/c27-24(28)38-18-3-1-2-16(13-18)26(8-10-37-11-9-26)31-25(36)29-17-4-5-19-15(12-17)14-32(23(19)35)20-6-7-21(33)30-22(20)34/h1-5,12-13,20,24H,6-11,14H2,(H2,29,31,36)(H,30,33,34). The fourth-order valence-electron chi connectivity index (χ4n) is 5.21. The van der Waals surface area contributed by atoms with Gasteiger partial charge in [0, 0.05) is 37.4 Å². The lowest BCUT2D eigenvalue weighted by Crippen LogP contribution is -2.52. The number of halogens is 2. The van der Waals surface area contributed by atoms with E-state index in [0.717, 1.165) is 0 Å². The molecule has 0 bridgehead atoms. The first-order chi connectivity index (χ1) is 18.2. The Labute approximate surface area is 216 Å². The van der Waals surface area contributed by atoms with Crippen LogP contribution >= 0.6 is 0 Å². The summed E-state index contributed by atoms with van der Waals surface area (Å²) in [6.07, 6.45) is 1.27. The van der Waals surface area contributed by atoms with E-state index in [9.17, 15) is 28.0 Å². The number of urea groups is 1. The number of rotatable bonds is 6. The highest BCUT2D eigenvalue weighted by Crippen LogP contribution is 2.35. The summed E-state index contributed by atoms with van der Waals surface area (Å²) in [6, 6.07) is 9.86. The highest BCUT2D eigenvalue weighted by molar-refractivity contribution is 6.05. The van der Waals surface area contributed by atoms with Crippen molar-refractivity contribution in [3.05, 3.63) is 59.2 Å². The molecule has 0 aliphatic carbocycles. The maximum atomic E-state index is 13.1. The number of alkyl halides is 2. The van der Waals surface area contributed by atoms with Gasteiger partial charge in [-0.15, -0.1) is 0 Å². The second kappa shape index (κ2) is 10.4. The lowest BCUT2D eigenvalue weighted by molar-refractivity contribution is -0.136. The Kier molecular flexibility index (Phi) is 6.98. The second-order valence-corrected chi connectivity index (χ2v) is 9.45. The van der Waals surface area contributed by atoms with Gasteiger partial charge >= 0.3 is 12.6 Å². The van der Waals surface area contributed by atoms with E-state index in [1.807, 2.05) is 0 Å². The maximum Gasteiger partial charge on any atom is 0.387 e. The van der Waals surface area contributed by atoms with Crippen LogP contribution < -0.4 is 20.7 Å². The molecule has 2 saturated heterocycles. The van der Waals surface area contributed by atoms with Crippen LogP contribution in [0.25, 0.3) is 0 Å². The summed E-state index contributed by atoms with van der Waals surface area (Å²) < 4.78 is 35.5. The van der Waals surface area contributed by atoms with Crippen LogP contribution in [-0.4, -0.2) is 54.5 Å². The van der Waals surface area contributed by atoms with Crippen molar-refractivity contribution < 1.29 is 37.4 Å². The maximum absolute atomic E-state index is 13.1. The fourth-order valence-corrected chi connectivity index (χ4v) is 5.21. The molecule has 3 heterocycles. The normalized spacial score (nSPS) is 20.7. The quantitative estimate of drug-likeness (QED) is 0.495. The zero-order chi connectivity index (χ0) is 26.9. The molecule has 12 heteroatoms. The zero-order valence-corrected chi connectivity index (χ0v) is 20.3. The van der Waals surface area contributed by atoms with Gasteiger partial charge in [-0.2, -0.15) is 8.78 Å². The van der Waals surface area contributed by atoms with E-state index < -0.39 is 30.1 Å². The molecule has 0 aromatic heterocycles. The highest BCUT2D eigenvalue weighted by atomic mass is 19.3. The number of carbonyl (C=O) groups is 4. The Hall–Kier alpha value is -4.06. The van der Waals surface area contributed by atoms with E-state index in [0.29, 0.717) is 48.4 Å². The Bertz CT molecular complexity index is 1280. The minimum atomic E-state index is -2.97. The Morgan fingerprint density at radius 3 is 2.66 bits per heavy atom. The molecular weight excluding hydrogens is 502 g/mol. The summed E-state index contributed by atoms with van der Waals surface area (Å²) in [4.78, 5) is 51.2. The van der Waals surface area contributed by atoms with Gasteiger partial charge in [0.1, 0.15) is 11.8 Å². The van der Waals surface area contributed by atoms with Crippen LogP contribution in [-0.2, 0) is 26.4 Å². The van der Waals surface area contributed by atoms with Crippen molar-refractivity contribution in [3.8, 4) is 5.75 Å². The summed E-state index contributed by atoms with van der Waals surface area (Å²) in [7, 11) is 0. The number of carbonyl (C=O) groups excluding carboxylic acids is 4. The van der Waals surface area contributed by atoms with Crippen LogP contribution in [0.4, 0.5) is 19.3 Å². The van der Waals surface area contributed by atoms with Crippen molar-refractivity contribution in [1.82, 2.24) is 15.5 Å². The summed E-state index contributed by atoms with van der Waals surface area (Å²) in [5, 5.41) is 8.05. The van der Waals surface area contributed by atoms with Crippen LogP contribution in [0.1, 0.15) is 47.2 Å². The molecule has 3 aliphatic heterocycles. The molecule has 5 amide bonds. The van der Waals surface area contributed by atoms with Gasteiger partial charge in [-0.3, -0.25) is 19.7 Å². The molecule has 200 valence electrons. The van der Waals surface area contributed by atoms with Gasteiger partial charge in [0.15, 0.2) is 0 Å². The molecule has 3 N–H and O–H groups in total. The van der Waals surface area contributed by atoms with Gasteiger partial charge in [-0.05, 0) is 60.7 Å². The van der Waals surface area contributed by atoms with Crippen LogP contribution in [0, 0.1) is 0 Å². The minimum Gasteiger partial charge on any atom is -0.435 e. The first-order valence-corrected chi connectivity index (χ1v) is 12.2. The van der Waals surface area contributed by atoms with Crippen molar-refractivity contribution in [2.75, 3.05) is 18.5 Å². The molecule has 0 radical (unpaired) electrons. The summed E-state index contributed by atoms with van der Waals surface area (Å²) in [5.74, 6) is -1.17. The van der Waals surface area contributed by atoms with Gasteiger partial charge in [-0.1, -0.05) is 12.1 Å². The molecule has 38 heavy (non-hydrogen) atoms. The zero-order valence-electron chi connectivity index (χ0n) is 20.3. The number of nitrogens with one attached hydrogen (secondary N) is 3. The van der Waals surface area contributed by atoms with Crippen LogP contribution in [0.15, 0.2) is 42.5 Å². The highest BCUT2D eigenvalue weighted by Gasteiger charge is 2.40. The fraction of sp³-hybridized carbons (Fsp3) is 0.385. The van der Waals surface area contributed by atoms with Crippen molar-refractivity contribution in [3.63, 3.8) is 0 Å². The average Bonchev–Trinajstić information content (AvgIpc) is 3.19. The van der Waals surface area contributed by atoms with Crippen LogP contribution in [0.2, 0.25) is 0 Å². The van der Waals surface area contributed by atoms with Crippen molar-refractivity contribution in [2.45, 2.75) is 50.4 Å².